The molecule has 1 amide bonds. The van der Waals surface area contributed by atoms with Gasteiger partial charge in [-0.15, -0.1) is 0 Å². The topological polar surface area (TPSA) is 74.6 Å². The van der Waals surface area contributed by atoms with E-state index in [-0.39, 0.29) is 5.57 Å². The number of nitriles is 1. The minimum atomic E-state index is -0.483. The largest absolute Gasteiger partial charge is 0.497 e. The summed E-state index contributed by atoms with van der Waals surface area (Å²) in [6.45, 7) is 2.06. The molecule has 0 atom stereocenters. The van der Waals surface area contributed by atoms with Crippen LogP contribution < -0.4 is 19.7 Å². The Morgan fingerprint density at radius 3 is 2.59 bits per heavy atom. The average Bonchev–Trinajstić information content (AvgIpc) is 2.78. The highest BCUT2D eigenvalue weighted by molar-refractivity contribution is 6.09. The molecule has 0 unspecified atom stereocenters. The summed E-state index contributed by atoms with van der Waals surface area (Å²) in [5.74, 6) is 0.776. The molecule has 1 heterocycles. The fourth-order valence-corrected chi connectivity index (χ4v) is 3.37. The van der Waals surface area contributed by atoms with Gasteiger partial charge in [-0.05, 0) is 49.6 Å². The second-order valence-corrected chi connectivity index (χ2v) is 6.83. The smallest absolute Gasteiger partial charge is 0.266 e. The molecule has 0 radical (unpaired) electrons. The molecule has 2 aromatic carbocycles. The third kappa shape index (κ3) is 5.08. The van der Waals surface area contributed by atoms with Gasteiger partial charge in [0.2, 0.25) is 0 Å². The van der Waals surface area contributed by atoms with E-state index in [1.807, 2.05) is 24.3 Å². The average molecular weight is 391 g/mol. The highest BCUT2D eigenvalue weighted by atomic mass is 16.5. The number of carbonyl (C=O) groups is 1. The van der Waals surface area contributed by atoms with Crippen molar-refractivity contribution in [1.29, 1.82) is 5.26 Å². The highest BCUT2D eigenvalue weighted by Crippen LogP contribution is 2.29. The van der Waals surface area contributed by atoms with E-state index in [4.69, 9.17) is 9.47 Å². The summed E-state index contributed by atoms with van der Waals surface area (Å²) in [7, 11) is 3.15. The van der Waals surface area contributed by atoms with Gasteiger partial charge in [0.15, 0.2) is 0 Å². The van der Waals surface area contributed by atoms with Gasteiger partial charge >= 0.3 is 0 Å². The molecule has 29 heavy (non-hydrogen) atoms. The summed E-state index contributed by atoms with van der Waals surface area (Å²) in [5, 5.41) is 12.2. The lowest BCUT2D eigenvalue weighted by Crippen LogP contribution is -2.29. The van der Waals surface area contributed by atoms with Crippen LogP contribution in [-0.2, 0) is 4.79 Å². The van der Waals surface area contributed by atoms with Crippen molar-refractivity contribution < 1.29 is 14.3 Å². The Labute approximate surface area is 171 Å². The monoisotopic (exact) mass is 391 g/mol. The maximum Gasteiger partial charge on any atom is 0.266 e. The van der Waals surface area contributed by atoms with Gasteiger partial charge in [-0.1, -0.05) is 6.07 Å². The van der Waals surface area contributed by atoms with Crippen molar-refractivity contribution in [3.8, 4) is 17.6 Å². The summed E-state index contributed by atoms with van der Waals surface area (Å²) in [4.78, 5) is 14.9. The Balaban J connectivity index is 1.81. The van der Waals surface area contributed by atoms with Gasteiger partial charge in [0.25, 0.3) is 5.91 Å². The Kier molecular flexibility index (Phi) is 6.75. The van der Waals surface area contributed by atoms with Gasteiger partial charge in [-0.2, -0.15) is 5.26 Å². The molecule has 1 saturated heterocycles. The molecule has 3 rings (SSSR count). The SMILES string of the molecule is COc1cccc(NC(=O)/C(C#N)=C\c2ccc(N3CCCCC3)cc2OC)c1. The molecular formula is C23H25N3O3. The van der Waals surface area contributed by atoms with Gasteiger partial charge in [0.1, 0.15) is 23.1 Å². The van der Waals surface area contributed by atoms with Crippen LogP contribution >= 0.6 is 0 Å². The summed E-state index contributed by atoms with van der Waals surface area (Å²) in [6.07, 6.45) is 5.19. The molecule has 0 aromatic heterocycles. The number of nitrogens with zero attached hydrogens (tertiary/aromatic N) is 2. The van der Waals surface area contributed by atoms with Crippen LogP contribution in [0.4, 0.5) is 11.4 Å². The van der Waals surface area contributed by atoms with E-state index in [0.717, 1.165) is 18.8 Å². The van der Waals surface area contributed by atoms with Gasteiger partial charge in [-0.3, -0.25) is 4.79 Å². The van der Waals surface area contributed by atoms with E-state index in [0.29, 0.717) is 22.7 Å². The number of carbonyl (C=O) groups excluding carboxylic acids is 1. The van der Waals surface area contributed by atoms with Crippen molar-refractivity contribution in [1.82, 2.24) is 0 Å². The van der Waals surface area contributed by atoms with Crippen LogP contribution in [0.25, 0.3) is 6.08 Å². The predicted octanol–water partition coefficient (Wildman–Crippen LogP) is 4.24. The quantitative estimate of drug-likeness (QED) is 0.589. The Morgan fingerprint density at radius 1 is 1.10 bits per heavy atom. The van der Waals surface area contributed by atoms with E-state index in [2.05, 4.69) is 10.2 Å². The van der Waals surface area contributed by atoms with Crippen LogP contribution in [0.15, 0.2) is 48.0 Å². The zero-order valence-corrected chi connectivity index (χ0v) is 16.8. The van der Waals surface area contributed by atoms with Crippen molar-refractivity contribution in [2.45, 2.75) is 19.3 Å². The Morgan fingerprint density at radius 2 is 1.90 bits per heavy atom. The molecule has 0 spiro atoms. The van der Waals surface area contributed by atoms with Gasteiger partial charge in [-0.25, -0.2) is 0 Å². The number of hydrogen-bond acceptors (Lipinski definition) is 5. The van der Waals surface area contributed by atoms with E-state index in [1.165, 1.54) is 19.3 Å². The lowest BCUT2D eigenvalue weighted by atomic mass is 10.1. The Hall–Kier alpha value is -3.46. The fraction of sp³-hybridized carbons (Fsp3) is 0.304. The molecule has 1 aliphatic rings. The zero-order valence-electron chi connectivity index (χ0n) is 16.8. The highest BCUT2D eigenvalue weighted by Gasteiger charge is 2.15. The number of benzene rings is 2. The van der Waals surface area contributed by atoms with E-state index in [9.17, 15) is 10.1 Å². The first-order valence-electron chi connectivity index (χ1n) is 9.65. The van der Waals surface area contributed by atoms with Crippen LogP contribution in [0, 0.1) is 11.3 Å². The van der Waals surface area contributed by atoms with Gasteiger partial charge in [0, 0.05) is 42.2 Å². The number of amides is 1. The van der Waals surface area contributed by atoms with Crippen LogP contribution in [0.3, 0.4) is 0 Å². The first kappa shape index (κ1) is 20.3. The summed E-state index contributed by atoms with van der Waals surface area (Å²) in [5.41, 5.74) is 2.34. The third-order valence-corrected chi connectivity index (χ3v) is 4.93. The molecule has 1 aliphatic heterocycles. The van der Waals surface area contributed by atoms with Crippen LogP contribution in [0.5, 0.6) is 11.5 Å². The van der Waals surface area contributed by atoms with Crippen molar-refractivity contribution in [2.75, 3.05) is 37.5 Å². The third-order valence-electron chi connectivity index (χ3n) is 4.93. The molecule has 0 bridgehead atoms. The van der Waals surface area contributed by atoms with Crippen molar-refractivity contribution >= 4 is 23.4 Å². The maximum absolute atomic E-state index is 12.6. The molecule has 6 nitrogen and oxygen atoms in total. The number of ether oxygens (including phenoxy) is 2. The maximum atomic E-state index is 12.6. The number of methoxy groups -OCH3 is 2. The van der Waals surface area contributed by atoms with E-state index >= 15 is 0 Å². The molecule has 6 heteroatoms. The van der Waals surface area contributed by atoms with E-state index < -0.39 is 5.91 Å². The second kappa shape index (κ2) is 9.65. The van der Waals surface area contributed by atoms with Gasteiger partial charge in [0.05, 0.1) is 14.2 Å². The minimum Gasteiger partial charge on any atom is -0.497 e. The zero-order chi connectivity index (χ0) is 20.6. The normalized spacial score (nSPS) is 14.1. The van der Waals surface area contributed by atoms with Crippen LogP contribution in [0.1, 0.15) is 24.8 Å². The Bertz CT molecular complexity index is 941. The number of piperidine rings is 1. The van der Waals surface area contributed by atoms with Crippen molar-refractivity contribution in [3.05, 3.63) is 53.6 Å². The fourth-order valence-electron chi connectivity index (χ4n) is 3.37. The molecule has 0 aliphatic carbocycles. The molecule has 1 N–H and O–H groups in total. The second-order valence-electron chi connectivity index (χ2n) is 6.83. The minimum absolute atomic E-state index is 0.00292. The molecule has 2 aromatic rings. The summed E-state index contributed by atoms with van der Waals surface area (Å²) < 4.78 is 10.7. The van der Waals surface area contributed by atoms with Crippen LogP contribution in [0.2, 0.25) is 0 Å². The number of nitrogens with one attached hydrogen (secondary N) is 1. The number of anilines is 2. The van der Waals surface area contributed by atoms with Crippen LogP contribution in [-0.4, -0.2) is 33.2 Å². The summed E-state index contributed by atoms with van der Waals surface area (Å²) >= 11 is 0. The van der Waals surface area contributed by atoms with E-state index in [1.54, 1.807) is 44.6 Å². The molecule has 150 valence electrons. The van der Waals surface area contributed by atoms with Crippen molar-refractivity contribution in [3.63, 3.8) is 0 Å². The lowest BCUT2D eigenvalue weighted by Gasteiger charge is -2.29. The first-order chi connectivity index (χ1) is 14.1. The number of rotatable bonds is 6. The standard InChI is InChI=1S/C23H25N3O3/c1-28-21-8-6-7-19(14-21)25-23(27)18(16-24)13-17-9-10-20(15-22(17)29-2)26-11-4-3-5-12-26/h6-10,13-15H,3-5,11-12H2,1-2H3,(H,25,27)/b18-13-. The molecule has 0 saturated carbocycles. The first-order valence-corrected chi connectivity index (χ1v) is 9.65. The lowest BCUT2D eigenvalue weighted by molar-refractivity contribution is -0.112. The molecule has 1 fully saturated rings. The van der Waals surface area contributed by atoms with Gasteiger partial charge < -0.3 is 19.7 Å². The summed E-state index contributed by atoms with van der Waals surface area (Å²) in [6, 6.07) is 14.8. The number of hydrogen-bond donors (Lipinski definition) is 1. The van der Waals surface area contributed by atoms with Crippen molar-refractivity contribution in [2.24, 2.45) is 0 Å². The predicted molar refractivity (Wildman–Crippen MR) is 114 cm³/mol. The molecular weight excluding hydrogens is 366 g/mol.